The van der Waals surface area contributed by atoms with Crippen LogP contribution >= 0.6 is 0 Å². The third-order valence-electron chi connectivity index (χ3n) is 4.39. The van der Waals surface area contributed by atoms with Gasteiger partial charge in [-0.2, -0.15) is 0 Å². The highest BCUT2D eigenvalue weighted by Gasteiger charge is 2.24. The molecular weight excluding hydrogens is 352 g/mol. The summed E-state index contributed by atoms with van der Waals surface area (Å²) < 4.78 is 21.9. The van der Waals surface area contributed by atoms with Gasteiger partial charge in [-0.15, -0.1) is 0 Å². The zero-order valence-electron chi connectivity index (χ0n) is 15.2. The van der Waals surface area contributed by atoms with E-state index in [9.17, 15) is 15.0 Å². The molecule has 0 aliphatic heterocycles. The Bertz CT molecular complexity index is 1020. The van der Waals surface area contributed by atoms with Gasteiger partial charge < -0.3 is 28.8 Å². The van der Waals surface area contributed by atoms with E-state index >= 15 is 0 Å². The van der Waals surface area contributed by atoms with E-state index in [1.54, 1.807) is 31.4 Å². The second-order valence-electron chi connectivity index (χ2n) is 5.75. The van der Waals surface area contributed by atoms with Crippen molar-refractivity contribution >= 4 is 11.0 Å². The number of rotatable bonds is 6. The first-order valence-corrected chi connectivity index (χ1v) is 8.19. The highest BCUT2D eigenvalue weighted by atomic mass is 16.5. The molecule has 0 saturated heterocycles. The Morgan fingerprint density at radius 3 is 2.00 bits per heavy atom. The lowest BCUT2D eigenvalue weighted by Crippen LogP contribution is -2.09. The van der Waals surface area contributed by atoms with Gasteiger partial charge in [-0.05, 0) is 24.3 Å². The quantitative estimate of drug-likeness (QED) is 0.686. The molecule has 2 aromatic carbocycles. The fourth-order valence-corrected chi connectivity index (χ4v) is 3.10. The molecule has 0 radical (unpaired) electrons. The number of fused-ring (bicyclic) bond motifs is 1. The van der Waals surface area contributed by atoms with E-state index < -0.39 is 13.2 Å². The first kappa shape index (κ1) is 18.8. The molecule has 0 fully saturated rings. The number of aliphatic hydroxyl groups excluding tert-OH is 2. The number of methoxy groups -OCH3 is 3. The zero-order valence-corrected chi connectivity index (χ0v) is 15.2. The highest BCUT2D eigenvalue weighted by Crippen LogP contribution is 2.41. The number of benzene rings is 2. The topological polar surface area (TPSA) is 98.4 Å². The van der Waals surface area contributed by atoms with Crippen LogP contribution in [-0.2, 0) is 13.2 Å². The van der Waals surface area contributed by atoms with Crippen molar-refractivity contribution in [2.45, 2.75) is 13.2 Å². The van der Waals surface area contributed by atoms with E-state index in [0.717, 1.165) is 0 Å². The zero-order chi connectivity index (χ0) is 19.6. The molecule has 1 heterocycles. The van der Waals surface area contributed by atoms with Crippen LogP contribution in [0.5, 0.6) is 17.2 Å². The van der Waals surface area contributed by atoms with Gasteiger partial charge in [0.2, 0.25) is 0 Å². The summed E-state index contributed by atoms with van der Waals surface area (Å²) in [6, 6.07) is 8.39. The van der Waals surface area contributed by atoms with Crippen molar-refractivity contribution in [3.63, 3.8) is 0 Å². The third kappa shape index (κ3) is 3.11. The van der Waals surface area contributed by atoms with Crippen LogP contribution in [0.25, 0.3) is 22.3 Å². The van der Waals surface area contributed by atoms with Crippen LogP contribution in [0.1, 0.15) is 11.1 Å². The van der Waals surface area contributed by atoms with Crippen LogP contribution < -0.4 is 19.6 Å². The summed E-state index contributed by atoms with van der Waals surface area (Å²) in [5.41, 5.74) is 1.06. The Balaban J connectivity index is 2.38. The van der Waals surface area contributed by atoms with Crippen LogP contribution in [0, 0.1) is 0 Å². The van der Waals surface area contributed by atoms with E-state index in [2.05, 4.69) is 0 Å². The Morgan fingerprint density at radius 2 is 1.48 bits per heavy atom. The number of aliphatic hydroxyl groups is 2. The van der Waals surface area contributed by atoms with Crippen molar-refractivity contribution in [1.82, 2.24) is 0 Å². The Labute approximate surface area is 155 Å². The third-order valence-corrected chi connectivity index (χ3v) is 4.39. The summed E-state index contributed by atoms with van der Waals surface area (Å²) in [7, 11) is 4.36. The van der Waals surface area contributed by atoms with Gasteiger partial charge in [0.1, 0.15) is 22.6 Å². The monoisotopic (exact) mass is 372 g/mol. The van der Waals surface area contributed by atoms with Gasteiger partial charge in [0.25, 0.3) is 0 Å². The molecule has 7 heteroatoms. The average molecular weight is 372 g/mol. The van der Waals surface area contributed by atoms with E-state index in [1.807, 2.05) is 0 Å². The lowest BCUT2D eigenvalue weighted by atomic mass is 10.0. The lowest BCUT2D eigenvalue weighted by molar-refractivity contribution is 0.248. The molecule has 0 aliphatic rings. The van der Waals surface area contributed by atoms with Gasteiger partial charge >= 0.3 is 0 Å². The fourth-order valence-electron chi connectivity index (χ4n) is 3.10. The van der Waals surface area contributed by atoms with Crippen LogP contribution in [0.15, 0.2) is 39.5 Å². The van der Waals surface area contributed by atoms with E-state index in [1.165, 1.54) is 20.3 Å². The predicted molar refractivity (Wildman–Crippen MR) is 99.4 cm³/mol. The molecule has 0 spiro atoms. The summed E-state index contributed by atoms with van der Waals surface area (Å²) in [6.45, 7) is -0.840. The number of hydrogen-bond donors (Lipinski definition) is 2. The molecule has 0 amide bonds. The normalized spacial score (nSPS) is 10.9. The molecule has 0 aliphatic carbocycles. The highest BCUT2D eigenvalue weighted by molar-refractivity contribution is 5.92. The van der Waals surface area contributed by atoms with Crippen molar-refractivity contribution in [3.05, 3.63) is 51.7 Å². The Hall–Kier alpha value is -3.03. The summed E-state index contributed by atoms with van der Waals surface area (Å²) in [6.07, 6.45) is 0. The maximum atomic E-state index is 12.8. The van der Waals surface area contributed by atoms with Crippen molar-refractivity contribution in [2.75, 3.05) is 21.3 Å². The van der Waals surface area contributed by atoms with Crippen molar-refractivity contribution in [3.8, 4) is 28.6 Å². The molecule has 0 atom stereocenters. The van der Waals surface area contributed by atoms with Gasteiger partial charge in [-0.25, -0.2) is 0 Å². The number of hydrogen-bond acceptors (Lipinski definition) is 7. The van der Waals surface area contributed by atoms with Crippen molar-refractivity contribution in [1.29, 1.82) is 0 Å². The smallest absolute Gasteiger partial charge is 0.197 e. The largest absolute Gasteiger partial charge is 0.497 e. The second kappa shape index (κ2) is 7.69. The lowest BCUT2D eigenvalue weighted by Gasteiger charge is -2.18. The van der Waals surface area contributed by atoms with Gasteiger partial charge in [0.05, 0.1) is 34.5 Å². The number of ether oxygens (including phenoxy) is 3. The minimum atomic E-state index is -0.426. The van der Waals surface area contributed by atoms with Crippen LogP contribution in [0.2, 0.25) is 0 Å². The van der Waals surface area contributed by atoms with Crippen molar-refractivity contribution in [2.24, 2.45) is 0 Å². The predicted octanol–water partition coefficient (Wildman–Crippen LogP) is 2.47. The molecule has 0 bridgehead atoms. The molecule has 27 heavy (non-hydrogen) atoms. The first-order valence-electron chi connectivity index (χ1n) is 8.19. The summed E-state index contributed by atoms with van der Waals surface area (Å²) >= 11 is 0. The fraction of sp³-hybridized carbons (Fsp3) is 0.250. The molecule has 0 saturated carbocycles. The molecule has 142 valence electrons. The molecule has 0 unspecified atom stereocenters. The molecule has 3 rings (SSSR count). The molecule has 7 nitrogen and oxygen atoms in total. The van der Waals surface area contributed by atoms with Gasteiger partial charge in [0.15, 0.2) is 16.8 Å². The maximum absolute atomic E-state index is 12.8. The first-order chi connectivity index (χ1) is 13.1. The van der Waals surface area contributed by atoms with Gasteiger partial charge in [0, 0.05) is 22.8 Å². The minimum absolute atomic E-state index is 0.146. The van der Waals surface area contributed by atoms with Crippen LogP contribution in [0.4, 0.5) is 0 Å². The minimum Gasteiger partial charge on any atom is -0.497 e. The van der Waals surface area contributed by atoms with Gasteiger partial charge in [-0.1, -0.05) is 0 Å². The van der Waals surface area contributed by atoms with Crippen LogP contribution in [-0.4, -0.2) is 31.5 Å². The summed E-state index contributed by atoms with van der Waals surface area (Å²) in [4.78, 5) is 12.8. The molecule has 1 aromatic heterocycles. The Kier molecular flexibility index (Phi) is 5.34. The van der Waals surface area contributed by atoms with E-state index in [4.69, 9.17) is 18.6 Å². The SMILES string of the molecule is COc1ccc(-c2cc(=O)c3c(OC)c(CO)c(CO)c(OC)c3o2)cc1. The van der Waals surface area contributed by atoms with E-state index in [0.29, 0.717) is 22.6 Å². The van der Waals surface area contributed by atoms with Gasteiger partial charge in [-0.3, -0.25) is 4.79 Å². The second-order valence-corrected chi connectivity index (χ2v) is 5.75. The van der Waals surface area contributed by atoms with Crippen LogP contribution in [0.3, 0.4) is 0 Å². The molecule has 2 N–H and O–H groups in total. The van der Waals surface area contributed by atoms with Crippen molar-refractivity contribution < 1.29 is 28.8 Å². The molecule has 3 aromatic rings. The standard InChI is InChI=1S/C20H20O7/c1-24-12-6-4-11(5-7-12)16-8-15(23)17-18(25-2)13(9-21)14(10-22)19(26-3)20(17)27-16/h4-8,21-22H,9-10H2,1-3H3. The summed E-state index contributed by atoms with van der Waals surface area (Å²) in [5, 5.41) is 19.6. The molecular formula is C20H20O7. The maximum Gasteiger partial charge on any atom is 0.197 e. The average Bonchev–Trinajstić information content (AvgIpc) is 2.71. The summed E-state index contributed by atoms with van der Waals surface area (Å²) in [5.74, 6) is 1.35. The van der Waals surface area contributed by atoms with E-state index in [-0.39, 0.29) is 33.5 Å². The Morgan fingerprint density at radius 1 is 0.889 bits per heavy atom.